The molecule has 2 aromatic carbocycles. The average Bonchev–Trinajstić information content (AvgIpc) is 3.43. The Morgan fingerprint density at radius 2 is 1.68 bits per heavy atom. The molecule has 2 aromatic heterocycles. The van der Waals surface area contributed by atoms with Crippen LogP contribution in [0.15, 0.2) is 73.2 Å². The van der Waals surface area contributed by atoms with Gasteiger partial charge in [-0.3, -0.25) is 9.69 Å². The first-order chi connectivity index (χ1) is 19.9. The number of hydrogen-bond acceptors (Lipinski definition) is 8. The molecule has 0 N–H and O–H groups in total. The van der Waals surface area contributed by atoms with Gasteiger partial charge in [-0.15, -0.1) is 0 Å². The molecule has 0 unspecified atom stereocenters. The first kappa shape index (κ1) is 26.6. The Balaban J connectivity index is 1.33. The van der Waals surface area contributed by atoms with Crippen LogP contribution < -0.4 is 4.90 Å². The third-order valence-corrected chi connectivity index (χ3v) is 7.31. The molecule has 1 fully saturated rings. The van der Waals surface area contributed by atoms with Crippen LogP contribution in [0.2, 0.25) is 0 Å². The zero-order chi connectivity index (χ0) is 28.5. The molecular weight excluding hydrogens is 531 g/mol. The molecule has 0 spiro atoms. The Morgan fingerprint density at radius 3 is 2.37 bits per heavy atom. The molecule has 2 aliphatic heterocycles. The molecule has 4 aromatic rings. The van der Waals surface area contributed by atoms with Gasteiger partial charge in [0.2, 0.25) is 5.91 Å². The predicted molar refractivity (Wildman–Crippen MR) is 145 cm³/mol. The maximum atomic E-state index is 16.3. The van der Waals surface area contributed by atoms with Crippen LogP contribution in [0.5, 0.6) is 0 Å². The van der Waals surface area contributed by atoms with E-state index in [2.05, 4.69) is 9.97 Å². The lowest BCUT2D eigenvalue weighted by molar-refractivity contribution is -0.116. The van der Waals surface area contributed by atoms with Crippen LogP contribution in [-0.4, -0.2) is 63.9 Å². The number of ether oxygens (including phenoxy) is 3. The lowest BCUT2D eigenvalue weighted by Crippen LogP contribution is -2.37. The first-order valence-electron chi connectivity index (χ1n) is 13.3. The largest absolute Gasteiger partial charge is 0.459 e. The number of aryl methyl sites for hydroxylation is 1. The number of benzene rings is 2. The number of hydrogen-bond donors (Lipinski definition) is 0. The van der Waals surface area contributed by atoms with Gasteiger partial charge < -0.3 is 18.8 Å². The van der Waals surface area contributed by atoms with Gasteiger partial charge in [0.15, 0.2) is 18.5 Å². The number of carbonyl (C=O) groups is 3. The molecule has 0 bridgehead atoms. The maximum Gasteiger partial charge on any atom is 0.338 e. The predicted octanol–water partition coefficient (Wildman–Crippen LogP) is 4.05. The standard InChI is InChI=1S/C30H27FN4O6/c1-18(36)34-14-8-13-21-15-35(27-23(21)26(34)32-17-33-27)28-24(31)25(41-30(38)20-11-6-3-7-12-20)22(40-28)16-39-29(37)19-9-4-2-5-10-19/h2-7,9-12,15,17,22,24-25,28H,8,13-14,16H2,1H3/t22-,24+,25-,28-/m1/s1. The van der Waals surface area contributed by atoms with Crippen molar-refractivity contribution >= 4 is 34.7 Å². The van der Waals surface area contributed by atoms with Crippen molar-refractivity contribution in [1.29, 1.82) is 0 Å². The van der Waals surface area contributed by atoms with E-state index < -0.39 is 36.5 Å². The van der Waals surface area contributed by atoms with Crippen molar-refractivity contribution in [3.8, 4) is 0 Å². The summed E-state index contributed by atoms with van der Waals surface area (Å²) in [7, 11) is 0. The molecule has 41 heavy (non-hydrogen) atoms. The van der Waals surface area contributed by atoms with Crippen molar-refractivity contribution in [2.75, 3.05) is 18.1 Å². The summed E-state index contributed by atoms with van der Waals surface area (Å²) in [6.45, 7) is 1.64. The summed E-state index contributed by atoms with van der Waals surface area (Å²) in [6.07, 6.45) is -1.15. The summed E-state index contributed by atoms with van der Waals surface area (Å²) in [5.74, 6) is -1.03. The molecule has 1 amide bonds. The molecule has 0 radical (unpaired) electrons. The van der Waals surface area contributed by atoms with Gasteiger partial charge in [-0.25, -0.2) is 23.9 Å². The zero-order valence-corrected chi connectivity index (χ0v) is 22.2. The maximum absolute atomic E-state index is 16.3. The quantitative estimate of drug-likeness (QED) is 0.326. The van der Waals surface area contributed by atoms with Crippen LogP contribution in [0.4, 0.5) is 10.2 Å². The van der Waals surface area contributed by atoms with E-state index in [0.717, 1.165) is 5.56 Å². The van der Waals surface area contributed by atoms with Gasteiger partial charge >= 0.3 is 11.9 Å². The smallest absolute Gasteiger partial charge is 0.338 e. The number of amides is 1. The van der Waals surface area contributed by atoms with E-state index in [9.17, 15) is 14.4 Å². The minimum absolute atomic E-state index is 0.153. The lowest BCUT2D eigenvalue weighted by Gasteiger charge is -2.20. The number of esters is 2. The van der Waals surface area contributed by atoms with Crippen molar-refractivity contribution in [3.63, 3.8) is 0 Å². The number of rotatable bonds is 6. The van der Waals surface area contributed by atoms with E-state index in [1.54, 1.807) is 76.3 Å². The van der Waals surface area contributed by atoms with Crippen molar-refractivity contribution < 1.29 is 33.0 Å². The van der Waals surface area contributed by atoms with Gasteiger partial charge in [-0.2, -0.15) is 0 Å². The van der Waals surface area contributed by atoms with E-state index in [0.29, 0.717) is 41.8 Å². The van der Waals surface area contributed by atoms with Gasteiger partial charge in [0.05, 0.1) is 16.5 Å². The highest BCUT2D eigenvalue weighted by molar-refractivity contribution is 6.01. The van der Waals surface area contributed by atoms with Gasteiger partial charge in [0, 0.05) is 19.7 Å². The third-order valence-electron chi connectivity index (χ3n) is 7.31. The molecular formula is C30H27FN4O6. The monoisotopic (exact) mass is 558 g/mol. The van der Waals surface area contributed by atoms with Crippen molar-refractivity contribution in [2.24, 2.45) is 0 Å². The highest BCUT2D eigenvalue weighted by atomic mass is 19.1. The van der Waals surface area contributed by atoms with Crippen LogP contribution in [0, 0.1) is 0 Å². The Morgan fingerprint density at radius 1 is 1.00 bits per heavy atom. The summed E-state index contributed by atoms with van der Waals surface area (Å²) in [6, 6.07) is 16.6. The summed E-state index contributed by atoms with van der Waals surface area (Å²) in [5.41, 5.74) is 1.82. The first-order valence-corrected chi connectivity index (χ1v) is 13.3. The minimum Gasteiger partial charge on any atom is -0.459 e. The zero-order valence-electron chi connectivity index (χ0n) is 22.2. The second-order valence-corrected chi connectivity index (χ2v) is 9.94. The molecule has 0 aliphatic carbocycles. The summed E-state index contributed by atoms with van der Waals surface area (Å²) in [4.78, 5) is 48.2. The van der Waals surface area contributed by atoms with E-state index in [-0.39, 0.29) is 18.1 Å². The van der Waals surface area contributed by atoms with Crippen LogP contribution in [-0.2, 0) is 25.4 Å². The molecule has 210 valence electrons. The topological polar surface area (TPSA) is 113 Å². The van der Waals surface area contributed by atoms with Gasteiger partial charge in [0.1, 0.15) is 30.5 Å². The van der Waals surface area contributed by atoms with Crippen LogP contribution in [0.3, 0.4) is 0 Å². The van der Waals surface area contributed by atoms with E-state index in [1.807, 2.05) is 0 Å². The average molecular weight is 559 g/mol. The number of nitrogens with zero attached hydrogens (tertiary/aromatic N) is 4. The number of halogens is 1. The van der Waals surface area contributed by atoms with Gasteiger partial charge in [-0.05, 0) is 42.7 Å². The highest BCUT2D eigenvalue weighted by Gasteiger charge is 2.50. The second-order valence-electron chi connectivity index (χ2n) is 9.94. The Kier molecular flexibility index (Phi) is 7.19. The van der Waals surface area contributed by atoms with Crippen molar-refractivity contribution in [1.82, 2.24) is 14.5 Å². The number of aromatic nitrogens is 3. The third kappa shape index (κ3) is 5.04. The molecule has 0 saturated carbocycles. The number of carbonyl (C=O) groups excluding carboxylic acids is 3. The fourth-order valence-electron chi connectivity index (χ4n) is 5.35. The van der Waals surface area contributed by atoms with E-state index in [4.69, 9.17) is 14.2 Å². The molecule has 10 nitrogen and oxygen atoms in total. The Hall–Kier alpha value is -4.64. The van der Waals surface area contributed by atoms with Crippen molar-refractivity contribution in [2.45, 2.75) is 44.4 Å². The lowest BCUT2D eigenvalue weighted by atomic mass is 10.1. The van der Waals surface area contributed by atoms with Crippen LogP contribution >= 0.6 is 0 Å². The molecule has 1 saturated heterocycles. The molecule has 11 heteroatoms. The van der Waals surface area contributed by atoms with E-state index in [1.165, 1.54) is 13.3 Å². The Bertz CT molecular complexity index is 1590. The summed E-state index contributed by atoms with van der Waals surface area (Å²) >= 11 is 0. The normalized spacial score (nSPS) is 21.9. The van der Waals surface area contributed by atoms with Crippen LogP contribution in [0.1, 0.15) is 45.9 Å². The molecule has 4 heterocycles. The van der Waals surface area contributed by atoms with Gasteiger partial charge in [0.25, 0.3) is 0 Å². The second kappa shape index (κ2) is 11.1. The minimum atomic E-state index is -1.82. The van der Waals surface area contributed by atoms with E-state index >= 15 is 4.39 Å². The Labute approximate surface area is 234 Å². The number of anilines is 1. The highest BCUT2D eigenvalue weighted by Crippen LogP contribution is 2.40. The SMILES string of the molecule is CC(=O)N1CCCc2cn([C@@H]3O[C@H](COC(=O)c4ccccc4)[C@@H](OC(=O)c4ccccc4)[C@@H]3F)c3ncnc1c23. The fourth-order valence-corrected chi connectivity index (χ4v) is 5.35. The van der Waals surface area contributed by atoms with Crippen LogP contribution in [0.25, 0.3) is 11.0 Å². The molecule has 4 atom stereocenters. The molecule has 6 rings (SSSR count). The van der Waals surface area contributed by atoms with Gasteiger partial charge in [-0.1, -0.05) is 36.4 Å². The summed E-state index contributed by atoms with van der Waals surface area (Å²) in [5, 5.41) is 0.646. The van der Waals surface area contributed by atoms with Crippen molar-refractivity contribution in [3.05, 3.63) is 89.9 Å². The number of alkyl halides is 1. The molecule has 2 aliphatic rings. The summed E-state index contributed by atoms with van der Waals surface area (Å²) < 4.78 is 35.0. The fraction of sp³-hybridized carbons (Fsp3) is 0.300.